The second-order valence-corrected chi connectivity index (χ2v) is 7.85. The number of pyridine rings is 1. The van der Waals surface area contributed by atoms with E-state index in [0.29, 0.717) is 12.2 Å². The molecule has 1 atom stereocenters. The number of aromatic nitrogens is 2. The summed E-state index contributed by atoms with van der Waals surface area (Å²) in [6.07, 6.45) is 3.53. The smallest absolute Gasteiger partial charge is 0.317 e. The highest BCUT2D eigenvalue weighted by molar-refractivity contribution is 7.10. The van der Waals surface area contributed by atoms with E-state index in [4.69, 9.17) is 5.73 Å². The van der Waals surface area contributed by atoms with Crippen molar-refractivity contribution in [3.63, 3.8) is 0 Å². The monoisotopic (exact) mass is 403 g/mol. The van der Waals surface area contributed by atoms with Crippen LogP contribution in [0.3, 0.4) is 0 Å². The van der Waals surface area contributed by atoms with Crippen LogP contribution >= 0.6 is 11.5 Å². The van der Waals surface area contributed by atoms with Crippen LogP contribution in [0, 0.1) is 6.92 Å². The predicted octanol–water partition coefficient (Wildman–Crippen LogP) is 1.93. The molecule has 0 aliphatic carbocycles. The van der Waals surface area contributed by atoms with Crippen molar-refractivity contribution in [2.45, 2.75) is 25.8 Å². The summed E-state index contributed by atoms with van der Waals surface area (Å²) in [5, 5.41) is 7.05. The van der Waals surface area contributed by atoms with Crippen LogP contribution in [0.4, 0.5) is 21.2 Å². The van der Waals surface area contributed by atoms with E-state index >= 15 is 0 Å². The Morgan fingerprint density at radius 1 is 1.36 bits per heavy atom. The number of carbonyl (C=O) groups excluding carboxylic acids is 2. The number of hydrogen-bond acceptors (Lipinski definition) is 7. The fourth-order valence-corrected chi connectivity index (χ4v) is 3.78. The average Bonchev–Trinajstić information content (AvgIpc) is 3.06. The Labute approximate surface area is 168 Å². The number of amides is 3. The van der Waals surface area contributed by atoms with Crippen LogP contribution in [0.15, 0.2) is 18.3 Å². The van der Waals surface area contributed by atoms with Gasteiger partial charge in [-0.2, -0.15) is 4.37 Å². The molecule has 0 radical (unpaired) electrons. The van der Waals surface area contributed by atoms with Crippen molar-refractivity contribution in [2.24, 2.45) is 5.73 Å². The number of aryl methyl sites for hydroxylation is 1. The molecule has 4 N–H and O–H groups in total. The number of nitrogens with one attached hydrogen (secondary N) is 2. The molecule has 2 aromatic rings. The molecule has 2 aromatic heterocycles. The Bertz CT molecular complexity index is 867. The first kappa shape index (κ1) is 19.9. The van der Waals surface area contributed by atoms with Crippen LogP contribution < -0.4 is 21.3 Å². The van der Waals surface area contributed by atoms with Gasteiger partial charge in [-0.3, -0.25) is 4.79 Å². The fraction of sp³-hybridized carbons (Fsp3) is 0.444. The normalized spacial score (nSPS) is 16.5. The lowest BCUT2D eigenvalue weighted by Crippen LogP contribution is -2.50. The molecule has 1 saturated heterocycles. The maximum absolute atomic E-state index is 12.0. The summed E-state index contributed by atoms with van der Waals surface area (Å²) in [7, 11) is 3.45. The van der Waals surface area contributed by atoms with Crippen molar-refractivity contribution in [1.82, 2.24) is 19.6 Å². The minimum Gasteiger partial charge on any atom is -0.368 e. The number of rotatable bonds is 5. The van der Waals surface area contributed by atoms with Gasteiger partial charge in [0.2, 0.25) is 0 Å². The molecule has 1 aliphatic rings. The Balaban J connectivity index is 1.80. The molecule has 1 aliphatic heterocycles. The van der Waals surface area contributed by atoms with Gasteiger partial charge < -0.3 is 26.2 Å². The van der Waals surface area contributed by atoms with E-state index in [-0.39, 0.29) is 17.8 Å². The number of anilines is 3. The third kappa shape index (κ3) is 4.69. The minimum atomic E-state index is -0.593. The van der Waals surface area contributed by atoms with Crippen LogP contribution in [0.1, 0.15) is 29.0 Å². The molecule has 0 aromatic carbocycles. The van der Waals surface area contributed by atoms with E-state index in [1.807, 2.05) is 19.1 Å². The molecule has 1 fully saturated rings. The fourth-order valence-electron chi connectivity index (χ4n) is 3.11. The predicted molar refractivity (Wildman–Crippen MR) is 110 cm³/mol. The molecule has 3 amide bonds. The van der Waals surface area contributed by atoms with E-state index in [9.17, 15) is 9.59 Å². The number of hydrogen-bond donors (Lipinski definition) is 3. The summed E-state index contributed by atoms with van der Waals surface area (Å²) >= 11 is 1.31. The van der Waals surface area contributed by atoms with Crippen LogP contribution in [0.5, 0.6) is 0 Å². The van der Waals surface area contributed by atoms with E-state index < -0.39 is 5.91 Å². The molecular weight excluding hydrogens is 378 g/mol. The second kappa shape index (κ2) is 8.42. The molecule has 0 saturated carbocycles. The Morgan fingerprint density at radius 2 is 2.14 bits per heavy atom. The van der Waals surface area contributed by atoms with Gasteiger partial charge in [0.1, 0.15) is 5.00 Å². The van der Waals surface area contributed by atoms with E-state index in [1.54, 1.807) is 20.3 Å². The largest absolute Gasteiger partial charge is 0.368 e. The molecule has 1 unspecified atom stereocenters. The Hall–Kier alpha value is -2.88. The number of primary amides is 1. The zero-order valence-corrected chi connectivity index (χ0v) is 17.0. The standard InChI is InChI=1S/C18H25N7O2S/c1-11-7-15(28-23-11)22-14-8-13(9-20-16(14)17(19)26)25-6-4-5-12(10-25)21-18(27)24(2)3/h7-9,12,22H,4-6,10H2,1-3H3,(H2,19,26)(H,21,27). The lowest BCUT2D eigenvalue weighted by Gasteiger charge is -2.35. The maximum atomic E-state index is 12.0. The van der Waals surface area contributed by atoms with Gasteiger partial charge in [0.25, 0.3) is 5.91 Å². The van der Waals surface area contributed by atoms with Gasteiger partial charge in [0.05, 0.1) is 23.3 Å². The van der Waals surface area contributed by atoms with Gasteiger partial charge >= 0.3 is 6.03 Å². The summed E-state index contributed by atoms with van der Waals surface area (Å²) in [5.74, 6) is -0.593. The minimum absolute atomic E-state index is 0.0556. The van der Waals surface area contributed by atoms with E-state index in [1.165, 1.54) is 16.4 Å². The summed E-state index contributed by atoms with van der Waals surface area (Å²) in [6, 6.07) is 3.73. The van der Waals surface area contributed by atoms with Gasteiger partial charge in [-0.25, -0.2) is 9.78 Å². The Kier molecular flexibility index (Phi) is 5.98. The van der Waals surface area contributed by atoms with Crippen LogP contribution in [0.2, 0.25) is 0 Å². The SMILES string of the molecule is Cc1cc(Nc2cc(N3CCCC(NC(=O)N(C)C)C3)cnc2C(N)=O)sn1. The van der Waals surface area contributed by atoms with Gasteiger partial charge in [-0.05, 0) is 43.4 Å². The highest BCUT2D eigenvalue weighted by atomic mass is 32.1. The van der Waals surface area contributed by atoms with E-state index in [2.05, 4.69) is 24.9 Å². The number of urea groups is 1. The molecule has 150 valence electrons. The first-order valence-electron chi connectivity index (χ1n) is 9.06. The summed E-state index contributed by atoms with van der Waals surface area (Å²) in [5.41, 5.74) is 7.99. The van der Waals surface area contributed by atoms with Crippen molar-refractivity contribution in [1.29, 1.82) is 0 Å². The topological polar surface area (TPSA) is 116 Å². The van der Waals surface area contributed by atoms with Gasteiger partial charge in [-0.1, -0.05) is 0 Å². The highest BCUT2D eigenvalue weighted by Crippen LogP contribution is 2.28. The first-order chi connectivity index (χ1) is 13.3. The molecule has 28 heavy (non-hydrogen) atoms. The molecule has 0 spiro atoms. The number of nitrogens with zero attached hydrogens (tertiary/aromatic N) is 4. The zero-order chi connectivity index (χ0) is 20.3. The molecule has 9 nitrogen and oxygen atoms in total. The summed E-state index contributed by atoms with van der Waals surface area (Å²) in [4.78, 5) is 31.7. The molecule has 10 heteroatoms. The van der Waals surface area contributed by atoms with Gasteiger partial charge in [0.15, 0.2) is 5.69 Å². The summed E-state index contributed by atoms with van der Waals surface area (Å²) < 4.78 is 4.24. The van der Waals surface area contributed by atoms with Crippen LogP contribution in [-0.2, 0) is 0 Å². The summed E-state index contributed by atoms with van der Waals surface area (Å²) in [6.45, 7) is 3.43. The third-order valence-electron chi connectivity index (χ3n) is 4.51. The number of piperidine rings is 1. The third-order valence-corrected chi connectivity index (χ3v) is 5.31. The lowest BCUT2D eigenvalue weighted by atomic mass is 10.1. The maximum Gasteiger partial charge on any atom is 0.317 e. The molecule has 0 bridgehead atoms. The van der Waals surface area contributed by atoms with Crippen molar-refractivity contribution in [3.8, 4) is 0 Å². The van der Waals surface area contributed by atoms with Crippen molar-refractivity contribution in [3.05, 3.63) is 29.7 Å². The molecule has 3 rings (SSSR count). The average molecular weight is 404 g/mol. The van der Waals surface area contributed by atoms with Crippen molar-refractivity contribution < 1.29 is 9.59 Å². The second-order valence-electron chi connectivity index (χ2n) is 7.04. The quantitative estimate of drug-likeness (QED) is 0.702. The first-order valence-corrected chi connectivity index (χ1v) is 9.84. The number of carbonyl (C=O) groups is 2. The van der Waals surface area contributed by atoms with Crippen LogP contribution in [-0.4, -0.2) is 59.4 Å². The molecular formula is C18H25N7O2S. The van der Waals surface area contributed by atoms with Crippen molar-refractivity contribution >= 4 is 39.8 Å². The van der Waals surface area contributed by atoms with E-state index in [0.717, 1.165) is 35.8 Å². The van der Waals surface area contributed by atoms with Gasteiger partial charge in [-0.15, -0.1) is 0 Å². The Morgan fingerprint density at radius 3 is 2.79 bits per heavy atom. The zero-order valence-electron chi connectivity index (χ0n) is 16.2. The highest BCUT2D eigenvalue weighted by Gasteiger charge is 2.23. The van der Waals surface area contributed by atoms with Crippen LogP contribution in [0.25, 0.3) is 0 Å². The molecule has 3 heterocycles. The van der Waals surface area contributed by atoms with Crippen molar-refractivity contribution in [2.75, 3.05) is 37.4 Å². The lowest BCUT2D eigenvalue weighted by molar-refractivity contribution is 0.0996. The van der Waals surface area contributed by atoms with Gasteiger partial charge in [0, 0.05) is 33.2 Å². The number of nitrogens with two attached hydrogens (primary N) is 1.